The molecular formula is C12H14F2N2O3. The number of ether oxygens (including phenoxy) is 1. The van der Waals surface area contributed by atoms with Crippen LogP contribution in [0.5, 0.6) is 5.75 Å². The lowest BCUT2D eigenvalue weighted by molar-refractivity contribution is 0.176. The van der Waals surface area contributed by atoms with E-state index < -0.39 is 29.5 Å². The van der Waals surface area contributed by atoms with Gasteiger partial charge in [-0.1, -0.05) is 0 Å². The van der Waals surface area contributed by atoms with Gasteiger partial charge in [0.15, 0.2) is 17.4 Å². The number of aliphatic hydroxyl groups excluding tert-OH is 1. The van der Waals surface area contributed by atoms with Crippen molar-refractivity contribution >= 4 is 11.7 Å². The van der Waals surface area contributed by atoms with Gasteiger partial charge in [0.2, 0.25) is 0 Å². The molecule has 104 valence electrons. The number of rotatable bonds is 2. The average molecular weight is 272 g/mol. The van der Waals surface area contributed by atoms with E-state index in [4.69, 9.17) is 0 Å². The van der Waals surface area contributed by atoms with Crippen molar-refractivity contribution in [1.29, 1.82) is 0 Å². The maximum Gasteiger partial charge on any atom is 0.321 e. The Morgan fingerprint density at radius 2 is 2.11 bits per heavy atom. The summed E-state index contributed by atoms with van der Waals surface area (Å²) in [6.45, 7) is 0.626. The second-order valence-corrected chi connectivity index (χ2v) is 4.29. The second-order valence-electron chi connectivity index (χ2n) is 4.29. The minimum absolute atomic E-state index is 0.00203. The molecule has 5 nitrogen and oxygen atoms in total. The van der Waals surface area contributed by atoms with Crippen LogP contribution < -0.4 is 10.1 Å². The number of carbonyl (C=O) groups excluding carboxylic acids is 1. The van der Waals surface area contributed by atoms with Crippen molar-refractivity contribution in [2.45, 2.75) is 12.5 Å². The minimum Gasteiger partial charge on any atom is -0.491 e. The van der Waals surface area contributed by atoms with Crippen molar-refractivity contribution in [3.8, 4) is 5.75 Å². The van der Waals surface area contributed by atoms with E-state index in [1.54, 1.807) is 0 Å². The van der Waals surface area contributed by atoms with E-state index in [-0.39, 0.29) is 12.2 Å². The Morgan fingerprint density at radius 3 is 2.58 bits per heavy atom. The molecule has 0 radical (unpaired) electrons. The summed E-state index contributed by atoms with van der Waals surface area (Å²) >= 11 is 0. The molecule has 1 saturated heterocycles. The maximum absolute atomic E-state index is 13.4. The summed E-state index contributed by atoms with van der Waals surface area (Å²) in [5, 5.41) is 11.7. The van der Waals surface area contributed by atoms with Crippen LogP contribution in [0.2, 0.25) is 0 Å². The SMILES string of the molecule is COc1c(F)cc(NC(=O)N2CC[C@@H](O)C2)cc1F. The number of nitrogens with one attached hydrogen (secondary N) is 1. The van der Waals surface area contributed by atoms with Crippen molar-refractivity contribution in [3.05, 3.63) is 23.8 Å². The molecule has 7 heteroatoms. The molecule has 1 aliphatic rings. The first-order valence-electron chi connectivity index (χ1n) is 5.78. The summed E-state index contributed by atoms with van der Waals surface area (Å²) in [6, 6.07) is 1.46. The summed E-state index contributed by atoms with van der Waals surface area (Å²) < 4.78 is 31.4. The van der Waals surface area contributed by atoms with Crippen LogP contribution >= 0.6 is 0 Å². The molecule has 1 aromatic carbocycles. The Morgan fingerprint density at radius 1 is 1.47 bits per heavy atom. The van der Waals surface area contributed by atoms with Crippen molar-refractivity contribution in [2.75, 3.05) is 25.5 Å². The van der Waals surface area contributed by atoms with E-state index in [0.717, 1.165) is 19.2 Å². The standard InChI is InChI=1S/C12H14F2N2O3/c1-19-11-9(13)4-7(5-10(11)14)15-12(18)16-3-2-8(17)6-16/h4-5,8,17H,2-3,6H2,1H3,(H,15,18)/t8-/m1/s1. The summed E-state index contributed by atoms with van der Waals surface area (Å²) in [5.74, 6) is -2.27. The lowest BCUT2D eigenvalue weighted by Gasteiger charge is -2.16. The third-order valence-electron chi connectivity index (χ3n) is 2.90. The van der Waals surface area contributed by atoms with Crippen molar-refractivity contribution in [1.82, 2.24) is 4.90 Å². The fraction of sp³-hybridized carbons (Fsp3) is 0.417. The Kier molecular flexibility index (Phi) is 3.84. The van der Waals surface area contributed by atoms with E-state index in [9.17, 15) is 18.7 Å². The van der Waals surface area contributed by atoms with Crippen LogP contribution in [0.15, 0.2) is 12.1 Å². The van der Waals surface area contributed by atoms with E-state index in [1.165, 1.54) is 4.90 Å². The highest BCUT2D eigenvalue weighted by Crippen LogP contribution is 2.25. The van der Waals surface area contributed by atoms with Crippen LogP contribution in [-0.4, -0.2) is 42.3 Å². The van der Waals surface area contributed by atoms with Gasteiger partial charge in [0, 0.05) is 30.9 Å². The first-order valence-corrected chi connectivity index (χ1v) is 5.78. The van der Waals surface area contributed by atoms with E-state index >= 15 is 0 Å². The van der Waals surface area contributed by atoms with Gasteiger partial charge in [-0.15, -0.1) is 0 Å². The molecule has 0 aromatic heterocycles. The summed E-state index contributed by atoms with van der Waals surface area (Å²) in [6.07, 6.45) is -0.0474. The first kappa shape index (κ1) is 13.5. The number of anilines is 1. The van der Waals surface area contributed by atoms with Gasteiger partial charge in [0.25, 0.3) is 0 Å². The lowest BCUT2D eigenvalue weighted by atomic mass is 10.2. The molecule has 19 heavy (non-hydrogen) atoms. The van der Waals surface area contributed by atoms with Crippen LogP contribution in [0.3, 0.4) is 0 Å². The highest BCUT2D eigenvalue weighted by Gasteiger charge is 2.25. The Hall–Kier alpha value is -1.89. The monoisotopic (exact) mass is 272 g/mol. The van der Waals surface area contributed by atoms with Crippen LogP contribution in [0.1, 0.15) is 6.42 Å². The number of hydrogen-bond acceptors (Lipinski definition) is 3. The first-order chi connectivity index (χ1) is 9.01. The third kappa shape index (κ3) is 2.93. The molecule has 2 N–H and O–H groups in total. The van der Waals surface area contributed by atoms with Gasteiger partial charge in [-0.05, 0) is 6.42 Å². The van der Waals surface area contributed by atoms with Gasteiger partial charge in [0.05, 0.1) is 13.2 Å². The molecule has 2 rings (SSSR count). The predicted molar refractivity (Wildman–Crippen MR) is 64.1 cm³/mol. The average Bonchev–Trinajstić information content (AvgIpc) is 2.75. The summed E-state index contributed by atoms with van der Waals surface area (Å²) in [5.41, 5.74) is 0.00203. The highest BCUT2D eigenvalue weighted by molar-refractivity contribution is 5.89. The zero-order valence-corrected chi connectivity index (χ0v) is 10.3. The molecule has 1 fully saturated rings. The van der Waals surface area contributed by atoms with Gasteiger partial charge < -0.3 is 20.1 Å². The predicted octanol–water partition coefficient (Wildman–Crippen LogP) is 1.57. The molecule has 0 spiro atoms. The molecular weight excluding hydrogens is 258 g/mol. The molecule has 0 saturated carbocycles. The van der Waals surface area contributed by atoms with E-state index in [2.05, 4.69) is 10.1 Å². The molecule has 2 amide bonds. The molecule has 0 aliphatic carbocycles. The number of aliphatic hydroxyl groups is 1. The Bertz CT molecular complexity index is 473. The van der Waals surface area contributed by atoms with Crippen LogP contribution in [0, 0.1) is 11.6 Å². The quantitative estimate of drug-likeness (QED) is 0.859. The number of carbonyl (C=O) groups is 1. The minimum atomic E-state index is -0.890. The van der Waals surface area contributed by atoms with E-state index in [1.807, 2.05) is 0 Å². The van der Waals surface area contributed by atoms with Crippen LogP contribution in [0.25, 0.3) is 0 Å². The summed E-state index contributed by atoms with van der Waals surface area (Å²) in [7, 11) is 1.16. The van der Waals surface area contributed by atoms with Gasteiger partial charge >= 0.3 is 6.03 Å². The number of likely N-dealkylation sites (tertiary alicyclic amines) is 1. The van der Waals surface area contributed by atoms with Gasteiger partial charge in [0.1, 0.15) is 0 Å². The summed E-state index contributed by atoms with van der Waals surface area (Å²) in [4.78, 5) is 13.1. The zero-order valence-electron chi connectivity index (χ0n) is 10.3. The van der Waals surface area contributed by atoms with E-state index in [0.29, 0.717) is 13.0 Å². The van der Waals surface area contributed by atoms with Crippen LogP contribution in [-0.2, 0) is 0 Å². The highest BCUT2D eigenvalue weighted by atomic mass is 19.1. The number of benzene rings is 1. The maximum atomic E-state index is 13.4. The number of hydrogen-bond donors (Lipinski definition) is 2. The van der Waals surface area contributed by atoms with Crippen molar-refractivity contribution < 1.29 is 23.4 Å². The number of methoxy groups -OCH3 is 1. The Labute approximate surface area is 108 Å². The number of amides is 2. The number of urea groups is 1. The number of β-amino-alcohol motifs (C(OH)–C–C–N with tert-alkyl or cyclic N) is 1. The molecule has 1 aromatic rings. The Balaban J connectivity index is 2.09. The molecule has 1 heterocycles. The molecule has 1 atom stereocenters. The fourth-order valence-electron chi connectivity index (χ4n) is 1.96. The van der Waals surface area contributed by atoms with Crippen molar-refractivity contribution in [3.63, 3.8) is 0 Å². The molecule has 1 aliphatic heterocycles. The zero-order chi connectivity index (χ0) is 14.0. The fourth-order valence-corrected chi connectivity index (χ4v) is 1.96. The molecule has 0 unspecified atom stereocenters. The van der Waals surface area contributed by atoms with Crippen molar-refractivity contribution in [2.24, 2.45) is 0 Å². The topological polar surface area (TPSA) is 61.8 Å². The third-order valence-corrected chi connectivity index (χ3v) is 2.90. The van der Waals surface area contributed by atoms with Gasteiger partial charge in [-0.3, -0.25) is 0 Å². The largest absolute Gasteiger partial charge is 0.491 e. The van der Waals surface area contributed by atoms with Crippen LogP contribution in [0.4, 0.5) is 19.3 Å². The smallest absolute Gasteiger partial charge is 0.321 e. The number of halogens is 2. The second kappa shape index (κ2) is 5.40. The molecule has 0 bridgehead atoms. The van der Waals surface area contributed by atoms with Gasteiger partial charge in [-0.2, -0.15) is 0 Å². The van der Waals surface area contributed by atoms with Gasteiger partial charge in [-0.25, -0.2) is 13.6 Å². The lowest BCUT2D eigenvalue weighted by Crippen LogP contribution is -2.33. The number of nitrogens with zero attached hydrogens (tertiary/aromatic N) is 1. The normalized spacial score (nSPS) is 18.5.